The average Bonchev–Trinajstić information content (AvgIpc) is 2.54. The summed E-state index contributed by atoms with van der Waals surface area (Å²) in [6, 6.07) is 1.98. The third kappa shape index (κ3) is 3.08. The molecule has 1 fully saturated rings. The molecule has 23 heavy (non-hydrogen) atoms. The van der Waals surface area contributed by atoms with E-state index in [0.29, 0.717) is 23.1 Å². The molecule has 1 aromatic carbocycles. The zero-order chi connectivity index (χ0) is 17.2. The number of hydrogen-bond acceptors (Lipinski definition) is 3. The Morgan fingerprint density at radius 3 is 2.17 bits per heavy atom. The lowest BCUT2D eigenvalue weighted by molar-refractivity contribution is -0.145. The van der Waals surface area contributed by atoms with Crippen molar-refractivity contribution in [1.82, 2.24) is 0 Å². The molecule has 0 bridgehead atoms. The lowest BCUT2D eigenvalue weighted by atomic mass is 9.68. The smallest absolute Gasteiger partial charge is 0.314 e. The highest BCUT2D eigenvalue weighted by Gasteiger charge is 2.44. The van der Waals surface area contributed by atoms with Gasteiger partial charge in [0.25, 0.3) is 0 Å². The molecule has 1 aliphatic carbocycles. The molecule has 1 N–H and O–H groups in total. The van der Waals surface area contributed by atoms with Gasteiger partial charge in [0.05, 0.1) is 19.6 Å². The minimum atomic E-state index is -0.873. The summed E-state index contributed by atoms with van der Waals surface area (Å²) in [4.78, 5) is 12.2. The molecule has 0 saturated heterocycles. The molecular formula is C18H25BrO4. The summed E-state index contributed by atoms with van der Waals surface area (Å²) in [7, 11) is 3.20. The number of rotatable bonds is 5. The number of hydrogen-bond donors (Lipinski definition) is 1. The van der Waals surface area contributed by atoms with Crippen molar-refractivity contribution in [2.45, 2.75) is 57.3 Å². The Labute approximate surface area is 146 Å². The van der Waals surface area contributed by atoms with Gasteiger partial charge in [-0.2, -0.15) is 0 Å². The van der Waals surface area contributed by atoms with Crippen molar-refractivity contribution in [3.63, 3.8) is 0 Å². The second-order valence-corrected chi connectivity index (χ2v) is 7.29. The van der Waals surface area contributed by atoms with Crippen LogP contribution in [0, 0.1) is 0 Å². The lowest BCUT2D eigenvalue weighted by Gasteiger charge is -2.35. The Morgan fingerprint density at radius 1 is 1.17 bits per heavy atom. The number of carboxylic acid groups (broad SMARTS) is 1. The number of carboxylic acids is 1. The van der Waals surface area contributed by atoms with Gasteiger partial charge in [0.15, 0.2) is 0 Å². The molecule has 4 nitrogen and oxygen atoms in total. The molecule has 1 aliphatic rings. The highest BCUT2D eigenvalue weighted by atomic mass is 79.9. The van der Waals surface area contributed by atoms with Gasteiger partial charge in [-0.05, 0) is 46.3 Å². The van der Waals surface area contributed by atoms with Crippen molar-refractivity contribution in [1.29, 1.82) is 0 Å². The van der Waals surface area contributed by atoms with Crippen LogP contribution in [0.3, 0.4) is 0 Å². The van der Waals surface area contributed by atoms with Gasteiger partial charge in [-0.3, -0.25) is 4.79 Å². The molecule has 2 rings (SSSR count). The van der Waals surface area contributed by atoms with Crippen LogP contribution in [0.15, 0.2) is 10.5 Å². The quantitative estimate of drug-likeness (QED) is 0.785. The maximum Gasteiger partial charge on any atom is 0.314 e. The van der Waals surface area contributed by atoms with Crippen molar-refractivity contribution < 1.29 is 19.4 Å². The van der Waals surface area contributed by atoms with Crippen molar-refractivity contribution >= 4 is 21.9 Å². The van der Waals surface area contributed by atoms with E-state index in [2.05, 4.69) is 29.8 Å². The summed E-state index contributed by atoms with van der Waals surface area (Å²) in [6.45, 7) is 4.16. The number of ether oxygens (including phenoxy) is 2. The maximum absolute atomic E-state index is 12.2. The standard InChI is InChI=1S/C18H25BrO4/c1-11(2)12-10-13(16(23-4)14(19)15(12)22-3)18(17(20)21)8-6-5-7-9-18/h10-11H,5-9H2,1-4H3,(H,20,21). The summed E-state index contributed by atoms with van der Waals surface area (Å²) in [6.07, 6.45) is 4.24. The minimum absolute atomic E-state index is 0.223. The molecule has 0 spiro atoms. The third-order valence-corrected chi connectivity index (χ3v) is 5.59. The average molecular weight is 385 g/mol. The maximum atomic E-state index is 12.2. The zero-order valence-corrected chi connectivity index (χ0v) is 15.8. The predicted molar refractivity (Wildman–Crippen MR) is 93.7 cm³/mol. The van der Waals surface area contributed by atoms with Crippen LogP contribution in [0.4, 0.5) is 0 Å². The lowest BCUT2D eigenvalue weighted by Crippen LogP contribution is -2.38. The third-order valence-electron chi connectivity index (χ3n) is 4.87. The number of carbonyl (C=O) groups is 1. The first-order valence-electron chi connectivity index (χ1n) is 8.07. The summed E-state index contributed by atoms with van der Waals surface area (Å²) >= 11 is 3.57. The predicted octanol–water partition coefficient (Wildman–Crippen LogP) is 4.88. The normalized spacial score (nSPS) is 17.1. The molecule has 128 valence electrons. The topological polar surface area (TPSA) is 55.8 Å². The van der Waals surface area contributed by atoms with Crippen molar-refractivity contribution in [3.05, 3.63) is 21.7 Å². The molecule has 5 heteroatoms. The van der Waals surface area contributed by atoms with Crippen molar-refractivity contribution in [2.75, 3.05) is 14.2 Å². The fourth-order valence-corrected chi connectivity index (χ4v) is 4.35. The molecule has 0 aliphatic heterocycles. The van der Waals surface area contributed by atoms with E-state index in [9.17, 15) is 9.90 Å². The van der Waals surface area contributed by atoms with Crippen LogP contribution in [0.25, 0.3) is 0 Å². The fourth-order valence-electron chi connectivity index (χ4n) is 3.58. The number of halogens is 1. The minimum Gasteiger partial charge on any atom is -0.495 e. The molecule has 0 unspecified atom stereocenters. The largest absolute Gasteiger partial charge is 0.495 e. The van der Waals surface area contributed by atoms with E-state index in [1.807, 2.05) is 6.07 Å². The van der Waals surface area contributed by atoms with Crippen LogP contribution in [-0.2, 0) is 10.2 Å². The van der Waals surface area contributed by atoms with Gasteiger partial charge >= 0.3 is 5.97 Å². The summed E-state index contributed by atoms with van der Waals surface area (Å²) < 4.78 is 11.8. The molecule has 1 saturated carbocycles. The van der Waals surface area contributed by atoms with Crippen LogP contribution in [0.5, 0.6) is 11.5 Å². The monoisotopic (exact) mass is 384 g/mol. The molecule has 0 amide bonds. The van der Waals surface area contributed by atoms with Gasteiger partial charge in [-0.1, -0.05) is 33.1 Å². The molecule has 1 aromatic rings. The van der Waals surface area contributed by atoms with E-state index < -0.39 is 11.4 Å². The summed E-state index contributed by atoms with van der Waals surface area (Å²) in [5.74, 6) is 0.759. The van der Waals surface area contributed by atoms with Crippen LogP contribution >= 0.6 is 15.9 Å². The van der Waals surface area contributed by atoms with Crippen molar-refractivity contribution in [3.8, 4) is 11.5 Å². The fraction of sp³-hybridized carbons (Fsp3) is 0.611. The summed E-state index contributed by atoms with van der Waals surface area (Å²) in [5.41, 5.74) is 0.895. The highest BCUT2D eigenvalue weighted by molar-refractivity contribution is 9.10. The van der Waals surface area contributed by atoms with Gasteiger partial charge in [0.1, 0.15) is 16.0 Å². The zero-order valence-electron chi connectivity index (χ0n) is 14.2. The molecule has 0 heterocycles. The Hall–Kier alpha value is -1.23. The molecular weight excluding hydrogens is 360 g/mol. The van der Waals surface area contributed by atoms with Crippen molar-refractivity contribution in [2.24, 2.45) is 0 Å². The molecule has 0 radical (unpaired) electrons. The van der Waals surface area contributed by atoms with E-state index in [-0.39, 0.29) is 5.92 Å². The van der Waals surface area contributed by atoms with Crippen LogP contribution in [-0.4, -0.2) is 25.3 Å². The van der Waals surface area contributed by atoms with E-state index in [0.717, 1.165) is 36.1 Å². The van der Waals surface area contributed by atoms with Gasteiger partial charge in [-0.25, -0.2) is 0 Å². The SMILES string of the molecule is COc1c(C(C)C)cc(C2(C(=O)O)CCCCC2)c(OC)c1Br. The second kappa shape index (κ2) is 7.12. The molecule has 0 atom stereocenters. The summed E-state index contributed by atoms with van der Waals surface area (Å²) in [5, 5.41) is 10.0. The first kappa shape index (κ1) is 18.1. The second-order valence-electron chi connectivity index (χ2n) is 6.50. The first-order valence-corrected chi connectivity index (χ1v) is 8.86. The van der Waals surface area contributed by atoms with E-state index >= 15 is 0 Å². The first-order chi connectivity index (χ1) is 10.9. The van der Waals surface area contributed by atoms with Crippen LogP contribution in [0.2, 0.25) is 0 Å². The molecule has 0 aromatic heterocycles. The highest BCUT2D eigenvalue weighted by Crippen LogP contribution is 2.50. The van der Waals surface area contributed by atoms with E-state index in [4.69, 9.17) is 9.47 Å². The Bertz CT molecular complexity index is 589. The van der Waals surface area contributed by atoms with E-state index in [1.165, 1.54) is 0 Å². The Kier molecular flexibility index (Phi) is 5.61. The van der Waals surface area contributed by atoms with Crippen LogP contribution < -0.4 is 9.47 Å². The van der Waals surface area contributed by atoms with Gasteiger partial charge in [0, 0.05) is 5.56 Å². The Balaban J connectivity index is 2.76. The Morgan fingerprint density at radius 2 is 1.74 bits per heavy atom. The van der Waals surface area contributed by atoms with Crippen LogP contribution in [0.1, 0.15) is 63.0 Å². The van der Waals surface area contributed by atoms with Gasteiger partial charge < -0.3 is 14.6 Å². The van der Waals surface area contributed by atoms with Gasteiger partial charge in [-0.15, -0.1) is 0 Å². The number of benzene rings is 1. The number of aliphatic carboxylic acids is 1. The van der Waals surface area contributed by atoms with E-state index in [1.54, 1.807) is 14.2 Å². The number of methoxy groups -OCH3 is 2. The van der Waals surface area contributed by atoms with Gasteiger partial charge in [0.2, 0.25) is 0 Å².